The van der Waals surface area contributed by atoms with Gasteiger partial charge in [-0.15, -0.1) is 0 Å². The van der Waals surface area contributed by atoms with Gasteiger partial charge in [0, 0.05) is 5.92 Å². The van der Waals surface area contributed by atoms with Gasteiger partial charge in [-0.1, -0.05) is 26.0 Å². The summed E-state index contributed by atoms with van der Waals surface area (Å²) in [7, 11) is 0. The molecule has 4 heteroatoms. The van der Waals surface area contributed by atoms with Gasteiger partial charge in [0.15, 0.2) is 5.75 Å². The van der Waals surface area contributed by atoms with Crippen molar-refractivity contribution < 1.29 is 13.9 Å². The molecule has 0 bridgehead atoms. The molecule has 0 amide bonds. The van der Waals surface area contributed by atoms with E-state index in [0.29, 0.717) is 22.3 Å². The van der Waals surface area contributed by atoms with Gasteiger partial charge in [-0.25, -0.2) is 4.79 Å². The molecule has 1 atom stereocenters. The maximum atomic E-state index is 12.1. The van der Waals surface area contributed by atoms with Gasteiger partial charge >= 0.3 is 11.6 Å². The van der Waals surface area contributed by atoms with Crippen molar-refractivity contribution in [2.24, 2.45) is 5.92 Å². The first-order chi connectivity index (χ1) is 9.08. The molecule has 0 saturated heterocycles. The molecule has 0 aliphatic carbocycles. The van der Waals surface area contributed by atoms with E-state index in [1.807, 2.05) is 19.9 Å². The quantitative estimate of drug-likeness (QED) is 0.583. The highest BCUT2D eigenvalue weighted by Gasteiger charge is 2.34. The summed E-state index contributed by atoms with van der Waals surface area (Å²) < 4.78 is 10.6. The van der Waals surface area contributed by atoms with Gasteiger partial charge in [-0.3, -0.25) is 4.79 Å². The topological polar surface area (TPSA) is 56.5 Å². The van der Waals surface area contributed by atoms with Crippen LogP contribution in [0.15, 0.2) is 33.5 Å². The van der Waals surface area contributed by atoms with Crippen molar-refractivity contribution in [1.29, 1.82) is 0 Å². The summed E-state index contributed by atoms with van der Waals surface area (Å²) in [5.41, 5.74) is 0.539. The SMILES string of the molecule is CC(C)[C@H]1CC(=O)Oc2c1c(=O)oc1ccccc21. The van der Waals surface area contributed by atoms with Crippen LogP contribution in [0, 0.1) is 5.92 Å². The van der Waals surface area contributed by atoms with Gasteiger partial charge in [0.2, 0.25) is 0 Å². The molecule has 0 radical (unpaired) electrons. The summed E-state index contributed by atoms with van der Waals surface area (Å²) in [4.78, 5) is 23.9. The van der Waals surface area contributed by atoms with E-state index >= 15 is 0 Å². The molecule has 98 valence electrons. The van der Waals surface area contributed by atoms with Gasteiger partial charge < -0.3 is 9.15 Å². The Hall–Kier alpha value is -2.10. The second kappa shape index (κ2) is 4.23. The standard InChI is InChI=1S/C15H14O4/c1-8(2)10-7-12(16)19-14-9-5-3-4-6-11(9)18-15(17)13(10)14/h3-6,8,10H,7H2,1-2H3/t10-/m1/s1. The Labute approximate surface area is 110 Å². The minimum atomic E-state index is -0.403. The summed E-state index contributed by atoms with van der Waals surface area (Å²) in [5, 5.41) is 0.677. The third-order valence-electron chi connectivity index (χ3n) is 3.58. The van der Waals surface area contributed by atoms with E-state index < -0.39 is 5.63 Å². The Kier molecular flexibility index (Phi) is 2.66. The van der Waals surface area contributed by atoms with Crippen molar-refractivity contribution in [3.05, 3.63) is 40.2 Å². The first-order valence-corrected chi connectivity index (χ1v) is 6.34. The zero-order valence-electron chi connectivity index (χ0n) is 10.8. The van der Waals surface area contributed by atoms with Crippen molar-refractivity contribution in [3.8, 4) is 5.75 Å². The Balaban J connectivity index is 2.37. The lowest BCUT2D eigenvalue weighted by Crippen LogP contribution is -2.28. The average molecular weight is 258 g/mol. The molecule has 1 aromatic heterocycles. The van der Waals surface area contributed by atoms with Crippen LogP contribution in [-0.2, 0) is 4.79 Å². The number of ether oxygens (including phenoxy) is 1. The van der Waals surface area contributed by atoms with Crippen molar-refractivity contribution in [2.45, 2.75) is 26.2 Å². The van der Waals surface area contributed by atoms with Gasteiger partial charge in [0.25, 0.3) is 0 Å². The number of carbonyl (C=O) groups is 1. The Morgan fingerprint density at radius 1 is 1.21 bits per heavy atom. The maximum absolute atomic E-state index is 12.1. The zero-order chi connectivity index (χ0) is 13.6. The molecule has 1 aromatic carbocycles. The maximum Gasteiger partial charge on any atom is 0.343 e. The molecule has 4 nitrogen and oxygen atoms in total. The molecule has 2 heterocycles. The van der Waals surface area contributed by atoms with E-state index in [9.17, 15) is 9.59 Å². The van der Waals surface area contributed by atoms with Crippen LogP contribution in [0.2, 0.25) is 0 Å². The third kappa shape index (κ3) is 1.84. The predicted octanol–water partition coefficient (Wildman–Crippen LogP) is 2.84. The Morgan fingerprint density at radius 3 is 2.68 bits per heavy atom. The first kappa shape index (κ1) is 12.0. The molecular weight excluding hydrogens is 244 g/mol. The van der Waals surface area contributed by atoms with Gasteiger partial charge in [-0.05, 0) is 18.1 Å². The van der Waals surface area contributed by atoms with Crippen LogP contribution < -0.4 is 10.4 Å². The highest BCUT2D eigenvalue weighted by atomic mass is 16.5. The minimum Gasteiger partial charge on any atom is -0.425 e. The molecule has 1 aliphatic rings. The lowest BCUT2D eigenvalue weighted by atomic mass is 9.84. The Morgan fingerprint density at radius 2 is 1.95 bits per heavy atom. The summed E-state index contributed by atoms with van der Waals surface area (Å²) >= 11 is 0. The molecule has 0 N–H and O–H groups in total. The van der Waals surface area contributed by atoms with Crippen LogP contribution in [0.3, 0.4) is 0 Å². The van der Waals surface area contributed by atoms with E-state index in [2.05, 4.69) is 0 Å². The highest BCUT2D eigenvalue weighted by molar-refractivity contribution is 5.89. The summed E-state index contributed by atoms with van der Waals surface area (Å²) in [6, 6.07) is 7.11. The fourth-order valence-electron chi connectivity index (χ4n) is 2.57. The first-order valence-electron chi connectivity index (χ1n) is 6.34. The number of benzene rings is 1. The summed E-state index contributed by atoms with van der Waals surface area (Å²) in [5.74, 6) is 0.122. The monoisotopic (exact) mass is 258 g/mol. The number of hydrogen-bond donors (Lipinski definition) is 0. The predicted molar refractivity (Wildman–Crippen MR) is 70.3 cm³/mol. The highest BCUT2D eigenvalue weighted by Crippen LogP contribution is 2.40. The molecule has 2 aromatic rings. The molecule has 19 heavy (non-hydrogen) atoms. The number of para-hydroxylation sites is 1. The van der Waals surface area contributed by atoms with Crippen LogP contribution in [0.4, 0.5) is 0 Å². The summed E-state index contributed by atoms with van der Waals surface area (Å²) in [6.07, 6.45) is 0.230. The van der Waals surface area contributed by atoms with Crippen molar-refractivity contribution >= 4 is 16.9 Å². The third-order valence-corrected chi connectivity index (χ3v) is 3.58. The van der Waals surface area contributed by atoms with E-state index in [1.54, 1.807) is 18.2 Å². The summed E-state index contributed by atoms with van der Waals surface area (Å²) in [6.45, 7) is 3.98. The lowest BCUT2D eigenvalue weighted by Gasteiger charge is -2.26. The normalized spacial score (nSPS) is 18.5. The number of rotatable bonds is 1. The zero-order valence-corrected chi connectivity index (χ0v) is 10.8. The van der Waals surface area contributed by atoms with E-state index in [4.69, 9.17) is 9.15 Å². The van der Waals surface area contributed by atoms with Crippen LogP contribution in [0.25, 0.3) is 11.0 Å². The van der Waals surface area contributed by atoms with Gasteiger partial charge in [0.05, 0.1) is 17.4 Å². The van der Waals surface area contributed by atoms with Gasteiger partial charge in [0.1, 0.15) is 5.58 Å². The van der Waals surface area contributed by atoms with E-state index in [0.717, 1.165) is 0 Å². The number of fused-ring (bicyclic) bond motifs is 3. The molecule has 3 rings (SSSR count). The fraction of sp³-hybridized carbons (Fsp3) is 0.333. The molecular formula is C15H14O4. The van der Waals surface area contributed by atoms with Gasteiger partial charge in [-0.2, -0.15) is 0 Å². The fourth-order valence-corrected chi connectivity index (χ4v) is 2.57. The smallest absolute Gasteiger partial charge is 0.343 e. The number of hydrogen-bond acceptors (Lipinski definition) is 4. The Bertz CT molecular complexity index is 712. The van der Waals surface area contributed by atoms with Crippen molar-refractivity contribution in [1.82, 2.24) is 0 Å². The lowest BCUT2D eigenvalue weighted by molar-refractivity contribution is -0.136. The molecule has 0 unspecified atom stereocenters. The van der Waals surface area contributed by atoms with Crippen molar-refractivity contribution in [3.63, 3.8) is 0 Å². The average Bonchev–Trinajstić information content (AvgIpc) is 2.37. The largest absolute Gasteiger partial charge is 0.425 e. The second-order valence-corrected chi connectivity index (χ2v) is 5.16. The van der Waals surface area contributed by atoms with Crippen LogP contribution >= 0.6 is 0 Å². The molecule has 1 aliphatic heterocycles. The second-order valence-electron chi connectivity index (χ2n) is 5.16. The molecule has 0 saturated carbocycles. The van der Waals surface area contributed by atoms with Crippen LogP contribution in [0.1, 0.15) is 31.7 Å². The molecule has 0 spiro atoms. The van der Waals surface area contributed by atoms with Crippen LogP contribution in [0.5, 0.6) is 5.75 Å². The van der Waals surface area contributed by atoms with Crippen molar-refractivity contribution in [2.75, 3.05) is 0 Å². The number of carbonyl (C=O) groups excluding carboxylic acids is 1. The van der Waals surface area contributed by atoms with E-state index in [-0.39, 0.29) is 24.2 Å². The molecule has 0 fully saturated rings. The number of esters is 1. The van der Waals surface area contributed by atoms with E-state index in [1.165, 1.54) is 0 Å². The van der Waals surface area contributed by atoms with Crippen LogP contribution in [-0.4, -0.2) is 5.97 Å². The minimum absolute atomic E-state index is 0.142.